The highest BCUT2D eigenvalue weighted by Gasteiger charge is 2.28. The molecule has 2 rings (SSSR count). The molecular formula is C12H18N4O. The fourth-order valence-electron chi connectivity index (χ4n) is 2.28. The molecule has 0 bridgehead atoms. The van der Waals surface area contributed by atoms with E-state index in [-0.39, 0.29) is 11.9 Å². The number of carbonyl (C=O) groups excluding carboxylic acids is 1. The maximum atomic E-state index is 11.8. The zero-order chi connectivity index (χ0) is 12.3. The van der Waals surface area contributed by atoms with Gasteiger partial charge in [0.05, 0.1) is 17.6 Å². The number of piperidine rings is 1. The van der Waals surface area contributed by atoms with Crippen LogP contribution in [-0.2, 0) is 4.79 Å². The molecular weight excluding hydrogens is 216 g/mol. The molecule has 0 aromatic carbocycles. The van der Waals surface area contributed by atoms with Crippen LogP contribution in [0.2, 0.25) is 0 Å². The van der Waals surface area contributed by atoms with Crippen LogP contribution < -0.4 is 16.0 Å². The number of nitrogens with one attached hydrogen (secondary N) is 1. The second-order valence-electron chi connectivity index (χ2n) is 4.30. The molecule has 5 nitrogen and oxygen atoms in total. The summed E-state index contributed by atoms with van der Waals surface area (Å²) < 4.78 is 0. The first-order valence-electron chi connectivity index (χ1n) is 5.91. The number of amides is 1. The summed E-state index contributed by atoms with van der Waals surface area (Å²) in [5, 5.41) is 2.72. The maximum absolute atomic E-state index is 11.8. The predicted molar refractivity (Wildman–Crippen MR) is 67.7 cm³/mol. The zero-order valence-electron chi connectivity index (χ0n) is 10.0. The lowest BCUT2D eigenvalue weighted by Crippen LogP contribution is -2.48. The monoisotopic (exact) mass is 234 g/mol. The van der Waals surface area contributed by atoms with Crippen molar-refractivity contribution < 1.29 is 4.79 Å². The molecule has 1 amide bonds. The van der Waals surface area contributed by atoms with Gasteiger partial charge in [-0.25, -0.2) is 0 Å². The van der Waals surface area contributed by atoms with E-state index >= 15 is 0 Å². The fourth-order valence-corrected chi connectivity index (χ4v) is 2.28. The van der Waals surface area contributed by atoms with E-state index in [9.17, 15) is 4.79 Å². The average Bonchev–Trinajstić information content (AvgIpc) is 2.38. The molecule has 0 aliphatic carbocycles. The minimum absolute atomic E-state index is 0.0622. The third kappa shape index (κ3) is 2.49. The van der Waals surface area contributed by atoms with Crippen LogP contribution in [0.4, 0.5) is 11.4 Å². The summed E-state index contributed by atoms with van der Waals surface area (Å²) >= 11 is 0. The summed E-state index contributed by atoms with van der Waals surface area (Å²) in [4.78, 5) is 18.0. The second kappa shape index (κ2) is 5.03. The van der Waals surface area contributed by atoms with Gasteiger partial charge in [-0.3, -0.25) is 9.78 Å². The van der Waals surface area contributed by atoms with Crippen molar-refractivity contribution in [3.63, 3.8) is 0 Å². The summed E-state index contributed by atoms with van der Waals surface area (Å²) in [7, 11) is 1.67. The lowest BCUT2D eigenvalue weighted by molar-refractivity contribution is -0.122. The third-order valence-corrected chi connectivity index (χ3v) is 3.13. The predicted octanol–water partition coefficient (Wildman–Crippen LogP) is 0.769. The molecule has 5 heteroatoms. The maximum Gasteiger partial charge on any atom is 0.242 e. The van der Waals surface area contributed by atoms with Crippen molar-refractivity contribution in [2.75, 3.05) is 24.2 Å². The van der Waals surface area contributed by atoms with Crippen LogP contribution in [0.3, 0.4) is 0 Å². The van der Waals surface area contributed by atoms with Gasteiger partial charge < -0.3 is 16.0 Å². The molecule has 17 heavy (non-hydrogen) atoms. The smallest absolute Gasteiger partial charge is 0.242 e. The molecule has 1 aromatic heterocycles. The Kier molecular flexibility index (Phi) is 3.46. The summed E-state index contributed by atoms with van der Waals surface area (Å²) in [6.07, 6.45) is 6.45. The molecule has 1 saturated heterocycles. The van der Waals surface area contributed by atoms with E-state index in [1.807, 2.05) is 6.07 Å². The summed E-state index contributed by atoms with van der Waals surface area (Å²) in [5.74, 6) is 0.0622. The van der Waals surface area contributed by atoms with Gasteiger partial charge in [-0.1, -0.05) is 0 Å². The van der Waals surface area contributed by atoms with E-state index in [1.165, 1.54) is 0 Å². The van der Waals surface area contributed by atoms with Crippen molar-refractivity contribution in [2.24, 2.45) is 0 Å². The lowest BCUT2D eigenvalue weighted by atomic mass is 10.0. The Morgan fingerprint density at radius 3 is 3.06 bits per heavy atom. The van der Waals surface area contributed by atoms with Crippen molar-refractivity contribution in [1.82, 2.24) is 10.3 Å². The number of carbonyl (C=O) groups is 1. The average molecular weight is 234 g/mol. The lowest BCUT2D eigenvalue weighted by Gasteiger charge is -2.36. The number of nitrogen functional groups attached to an aromatic ring is 1. The van der Waals surface area contributed by atoms with Gasteiger partial charge in [0, 0.05) is 19.8 Å². The van der Waals surface area contributed by atoms with Crippen LogP contribution in [0.25, 0.3) is 0 Å². The van der Waals surface area contributed by atoms with Gasteiger partial charge in [-0.05, 0) is 25.3 Å². The van der Waals surface area contributed by atoms with Gasteiger partial charge >= 0.3 is 0 Å². The van der Waals surface area contributed by atoms with Crippen LogP contribution in [0.15, 0.2) is 18.5 Å². The number of likely N-dealkylation sites (N-methyl/N-ethyl adjacent to an activating group) is 1. The molecule has 1 fully saturated rings. The van der Waals surface area contributed by atoms with E-state index < -0.39 is 0 Å². The Balaban J connectivity index is 2.24. The number of pyridine rings is 1. The van der Waals surface area contributed by atoms with Crippen LogP contribution in [0.5, 0.6) is 0 Å². The molecule has 1 aliphatic rings. The van der Waals surface area contributed by atoms with E-state index in [0.717, 1.165) is 31.5 Å². The Morgan fingerprint density at radius 1 is 1.53 bits per heavy atom. The number of rotatable bonds is 2. The number of hydrogen-bond acceptors (Lipinski definition) is 4. The molecule has 2 heterocycles. The molecule has 92 valence electrons. The number of nitrogens with two attached hydrogens (primary N) is 1. The van der Waals surface area contributed by atoms with Crippen molar-refractivity contribution in [3.8, 4) is 0 Å². The molecule has 0 unspecified atom stereocenters. The Bertz CT molecular complexity index is 407. The molecule has 0 spiro atoms. The topological polar surface area (TPSA) is 71.2 Å². The highest BCUT2D eigenvalue weighted by Crippen LogP contribution is 2.25. The van der Waals surface area contributed by atoms with Crippen molar-refractivity contribution in [2.45, 2.75) is 25.3 Å². The van der Waals surface area contributed by atoms with E-state index in [0.29, 0.717) is 5.69 Å². The van der Waals surface area contributed by atoms with Crippen molar-refractivity contribution in [1.29, 1.82) is 0 Å². The normalized spacial score (nSPS) is 20.1. The highest BCUT2D eigenvalue weighted by atomic mass is 16.2. The first kappa shape index (κ1) is 11.7. The van der Waals surface area contributed by atoms with Crippen LogP contribution in [-0.4, -0.2) is 30.5 Å². The van der Waals surface area contributed by atoms with Crippen molar-refractivity contribution >= 4 is 17.3 Å². The molecule has 3 N–H and O–H groups in total. The SMILES string of the molecule is CNC(=O)[C@H]1CCCCN1c1cncc(N)c1. The van der Waals surface area contributed by atoms with Gasteiger partial charge in [-0.2, -0.15) is 0 Å². The first-order valence-corrected chi connectivity index (χ1v) is 5.91. The molecule has 1 aliphatic heterocycles. The van der Waals surface area contributed by atoms with Crippen LogP contribution in [0.1, 0.15) is 19.3 Å². The summed E-state index contributed by atoms with van der Waals surface area (Å²) in [5.41, 5.74) is 7.29. The number of aromatic nitrogens is 1. The molecule has 1 atom stereocenters. The largest absolute Gasteiger partial charge is 0.397 e. The fraction of sp³-hybridized carbons (Fsp3) is 0.500. The van der Waals surface area contributed by atoms with Gasteiger partial charge in [0.2, 0.25) is 5.91 Å². The Morgan fingerprint density at radius 2 is 2.35 bits per heavy atom. The van der Waals surface area contributed by atoms with Crippen LogP contribution >= 0.6 is 0 Å². The molecule has 0 radical (unpaired) electrons. The quantitative estimate of drug-likeness (QED) is 0.793. The van der Waals surface area contributed by atoms with Gasteiger partial charge in [0.25, 0.3) is 0 Å². The van der Waals surface area contributed by atoms with Gasteiger partial charge in [-0.15, -0.1) is 0 Å². The Labute approximate surface area is 101 Å². The van der Waals surface area contributed by atoms with Gasteiger partial charge in [0.1, 0.15) is 6.04 Å². The first-order chi connectivity index (χ1) is 8.22. The summed E-state index contributed by atoms with van der Waals surface area (Å²) in [6.45, 7) is 0.878. The van der Waals surface area contributed by atoms with Crippen LogP contribution in [0, 0.1) is 0 Å². The highest BCUT2D eigenvalue weighted by molar-refractivity contribution is 5.85. The van der Waals surface area contributed by atoms with E-state index in [4.69, 9.17) is 5.73 Å². The van der Waals surface area contributed by atoms with E-state index in [2.05, 4.69) is 15.2 Å². The minimum atomic E-state index is -0.0997. The standard InChI is InChI=1S/C12H18N4O/c1-14-12(17)11-4-2-3-5-16(11)10-6-9(13)7-15-8-10/h6-8,11H,2-5,13H2,1H3,(H,14,17)/t11-/m1/s1. The zero-order valence-corrected chi connectivity index (χ0v) is 10.0. The van der Waals surface area contributed by atoms with Gasteiger partial charge in [0.15, 0.2) is 0 Å². The number of anilines is 2. The molecule has 0 saturated carbocycles. The third-order valence-electron chi connectivity index (χ3n) is 3.13. The number of nitrogens with zero attached hydrogens (tertiary/aromatic N) is 2. The second-order valence-corrected chi connectivity index (χ2v) is 4.30. The Hall–Kier alpha value is -1.78. The molecule has 1 aromatic rings. The number of hydrogen-bond donors (Lipinski definition) is 2. The summed E-state index contributed by atoms with van der Waals surface area (Å²) in [6, 6.07) is 1.77. The van der Waals surface area contributed by atoms with Crippen molar-refractivity contribution in [3.05, 3.63) is 18.5 Å². The minimum Gasteiger partial charge on any atom is -0.397 e. The van der Waals surface area contributed by atoms with E-state index in [1.54, 1.807) is 19.4 Å².